The van der Waals surface area contributed by atoms with Gasteiger partial charge in [-0.2, -0.15) is 0 Å². The summed E-state index contributed by atoms with van der Waals surface area (Å²) in [4.78, 5) is 11.0. The molecule has 0 saturated heterocycles. The highest BCUT2D eigenvalue weighted by molar-refractivity contribution is 9.09. The van der Waals surface area contributed by atoms with E-state index in [0.717, 1.165) is 4.31 Å². The summed E-state index contributed by atoms with van der Waals surface area (Å²) in [6, 6.07) is 0. The van der Waals surface area contributed by atoms with Crippen LogP contribution in [0.5, 0.6) is 0 Å². The maximum absolute atomic E-state index is 11.6. The molecule has 0 radical (unpaired) electrons. The van der Waals surface area contributed by atoms with Crippen LogP contribution in [0.25, 0.3) is 0 Å². The maximum atomic E-state index is 11.6. The van der Waals surface area contributed by atoms with Crippen molar-refractivity contribution in [2.75, 3.05) is 26.0 Å². The van der Waals surface area contributed by atoms with Crippen LogP contribution in [0.3, 0.4) is 0 Å². The maximum Gasteiger partial charge on any atom is 0.325 e. The van der Waals surface area contributed by atoms with Crippen LogP contribution in [0.1, 0.15) is 6.92 Å². The largest absolute Gasteiger partial charge is 0.468 e. The second-order valence-electron chi connectivity index (χ2n) is 2.72. The number of alkyl halides is 1. The van der Waals surface area contributed by atoms with E-state index in [-0.39, 0.29) is 0 Å². The number of hydrogen-bond donors (Lipinski definition) is 0. The van der Waals surface area contributed by atoms with Crippen molar-refractivity contribution in [1.82, 2.24) is 4.31 Å². The van der Waals surface area contributed by atoms with Gasteiger partial charge in [-0.05, 0) is 6.92 Å². The van der Waals surface area contributed by atoms with Crippen LogP contribution < -0.4 is 0 Å². The van der Waals surface area contributed by atoms with Crippen molar-refractivity contribution in [2.45, 2.75) is 12.2 Å². The zero-order valence-electron chi connectivity index (χ0n) is 8.36. The van der Waals surface area contributed by atoms with Crippen LogP contribution in [0, 0.1) is 0 Å². The van der Waals surface area contributed by atoms with Crippen molar-refractivity contribution in [3.05, 3.63) is 0 Å². The molecule has 0 aliphatic heterocycles. The smallest absolute Gasteiger partial charge is 0.325 e. The van der Waals surface area contributed by atoms with Gasteiger partial charge in [0.1, 0.15) is 0 Å². The molecule has 0 aliphatic carbocycles. The number of carbonyl (C=O) groups excluding carboxylic acids is 1. The molecule has 7 heteroatoms. The summed E-state index contributed by atoms with van der Waals surface area (Å²) in [7, 11) is -0.992. The van der Waals surface area contributed by atoms with E-state index in [1.165, 1.54) is 21.1 Å². The highest BCUT2D eigenvalue weighted by Gasteiger charge is 2.32. The molecule has 1 atom stereocenters. The number of rotatable bonds is 5. The summed E-state index contributed by atoms with van der Waals surface area (Å²) in [6.07, 6.45) is 0. The molecule has 0 spiro atoms. The van der Waals surface area contributed by atoms with E-state index in [0.29, 0.717) is 11.9 Å². The number of hydrogen-bond acceptors (Lipinski definition) is 4. The van der Waals surface area contributed by atoms with E-state index in [1.54, 1.807) is 0 Å². The minimum absolute atomic E-state index is 0.323. The van der Waals surface area contributed by atoms with Crippen LogP contribution >= 0.6 is 15.9 Å². The average Bonchev–Trinajstić information content (AvgIpc) is 2.15. The molecule has 0 bridgehead atoms. The van der Waals surface area contributed by atoms with Crippen molar-refractivity contribution >= 4 is 31.9 Å². The second kappa shape index (κ2) is 5.67. The van der Waals surface area contributed by atoms with Crippen LogP contribution in [-0.2, 0) is 19.6 Å². The van der Waals surface area contributed by atoms with Crippen molar-refractivity contribution in [1.29, 1.82) is 0 Å². The van der Waals surface area contributed by atoms with Gasteiger partial charge in [-0.15, -0.1) is 0 Å². The Morgan fingerprint density at radius 1 is 1.57 bits per heavy atom. The molecule has 0 heterocycles. The molecule has 0 fully saturated rings. The minimum atomic E-state index is -3.58. The molecule has 0 aromatic rings. The fourth-order valence-electron chi connectivity index (χ4n) is 0.804. The van der Waals surface area contributed by atoms with Crippen molar-refractivity contribution in [3.8, 4) is 0 Å². The summed E-state index contributed by atoms with van der Waals surface area (Å²) < 4.78 is 28.7. The molecular weight excluding hydrogens is 274 g/mol. The van der Waals surface area contributed by atoms with E-state index in [1.807, 2.05) is 0 Å². The number of halogens is 1. The van der Waals surface area contributed by atoms with Gasteiger partial charge in [0.05, 0.1) is 7.11 Å². The summed E-state index contributed by atoms with van der Waals surface area (Å²) >= 11 is 3.12. The minimum Gasteiger partial charge on any atom is -0.468 e. The quantitative estimate of drug-likeness (QED) is 0.535. The molecule has 0 aliphatic rings. The van der Waals surface area contributed by atoms with Gasteiger partial charge in [0.15, 0.2) is 5.25 Å². The molecule has 0 amide bonds. The molecule has 0 aromatic carbocycles. The first-order valence-electron chi connectivity index (χ1n) is 3.96. The molecule has 1 unspecified atom stereocenters. The molecule has 84 valence electrons. The third kappa shape index (κ3) is 3.21. The Labute approximate surface area is 92.6 Å². The van der Waals surface area contributed by atoms with Gasteiger partial charge in [-0.1, -0.05) is 15.9 Å². The number of sulfonamides is 1. The van der Waals surface area contributed by atoms with Gasteiger partial charge in [0, 0.05) is 18.9 Å². The van der Waals surface area contributed by atoms with Gasteiger partial charge < -0.3 is 4.74 Å². The second-order valence-corrected chi connectivity index (χ2v) is 5.87. The lowest BCUT2D eigenvalue weighted by Crippen LogP contribution is -2.40. The van der Waals surface area contributed by atoms with Gasteiger partial charge in [0.25, 0.3) is 0 Å². The predicted octanol–water partition coefficient (Wildman–Crippen LogP) is 0.204. The fraction of sp³-hybridized carbons (Fsp3) is 0.857. The normalized spacial score (nSPS) is 14.1. The van der Waals surface area contributed by atoms with Crippen LogP contribution in [0.15, 0.2) is 0 Å². The summed E-state index contributed by atoms with van der Waals surface area (Å²) in [6.45, 7) is 1.63. The Hall–Kier alpha value is -0.140. The Morgan fingerprint density at radius 3 is 2.43 bits per heavy atom. The van der Waals surface area contributed by atoms with Gasteiger partial charge >= 0.3 is 5.97 Å². The molecule has 0 saturated carbocycles. The highest BCUT2D eigenvalue weighted by Crippen LogP contribution is 2.08. The number of carbonyl (C=O) groups is 1. The number of methoxy groups -OCH3 is 1. The fourth-order valence-corrected chi connectivity index (χ4v) is 2.80. The third-order valence-electron chi connectivity index (χ3n) is 1.81. The first-order chi connectivity index (χ1) is 6.37. The average molecular weight is 288 g/mol. The van der Waals surface area contributed by atoms with E-state index in [4.69, 9.17) is 0 Å². The zero-order valence-corrected chi connectivity index (χ0v) is 10.8. The molecule has 0 rings (SSSR count). The number of ether oxygens (including phenoxy) is 1. The SMILES string of the molecule is COC(=O)C(C)S(=O)(=O)N(C)CCBr. The standard InChI is InChI=1S/C7H14BrNO4S/c1-6(7(10)13-3)14(11,12)9(2)5-4-8/h6H,4-5H2,1-3H3. The van der Waals surface area contributed by atoms with Crippen molar-refractivity contribution in [2.24, 2.45) is 0 Å². The molecule has 0 aromatic heterocycles. The highest BCUT2D eigenvalue weighted by atomic mass is 79.9. The van der Waals surface area contributed by atoms with E-state index < -0.39 is 21.2 Å². The van der Waals surface area contributed by atoms with Crippen LogP contribution in [0.4, 0.5) is 0 Å². The first-order valence-corrected chi connectivity index (χ1v) is 6.59. The van der Waals surface area contributed by atoms with Gasteiger partial charge in [-0.25, -0.2) is 12.7 Å². The van der Waals surface area contributed by atoms with E-state index in [9.17, 15) is 13.2 Å². The van der Waals surface area contributed by atoms with Crippen molar-refractivity contribution in [3.63, 3.8) is 0 Å². The molecule has 0 N–H and O–H groups in total. The van der Waals surface area contributed by atoms with Crippen LogP contribution in [-0.4, -0.2) is 50.0 Å². The van der Waals surface area contributed by atoms with E-state index in [2.05, 4.69) is 20.7 Å². The number of nitrogens with zero attached hydrogens (tertiary/aromatic N) is 1. The molecular formula is C7H14BrNO4S. The van der Waals surface area contributed by atoms with Crippen LogP contribution in [0.2, 0.25) is 0 Å². The lowest BCUT2D eigenvalue weighted by Gasteiger charge is -2.19. The summed E-state index contributed by atoms with van der Waals surface area (Å²) in [5, 5.41) is -0.632. The Morgan fingerprint density at radius 2 is 2.07 bits per heavy atom. The Balaban J connectivity index is 4.69. The summed E-state index contributed by atoms with van der Waals surface area (Å²) in [5.74, 6) is -0.744. The number of esters is 1. The first kappa shape index (κ1) is 13.9. The third-order valence-corrected chi connectivity index (χ3v) is 4.31. The summed E-state index contributed by atoms with van der Waals surface area (Å²) in [5.41, 5.74) is 0. The Bertz CT molecular complexity index is 290. The predicted molar refractivity (Wildman–Crippen MR) is 56.8 cm³/mol. The monoisotopic (exact) mass is 287 g/mol. The zero-order chi connectivity index (χ0) is 11.4. The van der Waals surface area contributed by atoms with Crippen molar-refractivity contribution < 1.29 is 17.9 Å². The lowest BCUT2D eigenvalue weighted by molar-refractivity contribution is -0.139. The van der Waals surface area contributed by atoms with E-state index >= 15 is 0 Å². The molecule has 5 nitrogen and oxygen atoms in total. The van der Waals surface area contributed by atoms with Gasteiger partial charge in [0.2, 0.25) is 10.0 Å². The lowest BCUT2D eigenvalue weighted by atomic mass is 10.5. The Kier molecular flexibility index (Phi) is 5.61. The topological polar surface area (TPSA) is 63.7 Å². The molecule has 14 heavy (non-hydrogen) atoms. The van der Waals surface area contributed by atoms with Gasteiger partial charge in [-0.3, -0.25) is 4.79 Å².